The van der Waals surface area contributed by atoms with Crippen molar-refractivity contribution in [3.05, 3.63) is 18.3 Å². The largest absolute Gasteiger partial charge is 0.472 e. The van der Waals surface area contributed by atoms with Crippen molar-refractivity contribution in [1.82, 2.24) is 25.0 Å². The summed E-state index contributed by atoms with van der Waals surface area (Å²) in [5, 5.41) is 7.87. The summed E-state index contributed by atoms with van der Waals surface area (Å²) in [5.41, 5.74) is 1.29. The molecule has 0 aliphatic heterocycles. The summed E-state index contributed by atoms with van der Waals surface area (Å²) in [6, 6.07) is 4.28. The molecule has 0 spiro atoms. The second-order valence-electron chi connectivity index (χ2n) is 3.97. The second kappa shape index (κ2) is 5.73. The van der Waals surface area contributed by atoms with Gasteiger partial charge >= 0.3 is 6.02 Å². The molecular formula is C10H18N6OP+. The Hall–Kier alpha value is -1.75. The van der Waals surface area contributed by atoms with Gasteiger partial charge in [0, 0.05) is 6.20 Å². The van der Waals surface area contributed by atoms with E-state index in [-0.39, 0.29) is 9.90 Å². The Morgan fingerprint density at radius 3 is 2.72 bits per heavy atom. The molecule has 98 valence electrons. The van der Waals surface area contributed by atoms with Gasteiger partial charge < -0.3 is 0 Å². The lowest BCUT2D eigenvalue weighted by Crippen LogP contribution is -2.39. The molecule has 7 nitrogen and oxygen atoms in total. The van der Waals surface area contributed by atoms with Gasteiger partial charge in [-0.15, -0.1) is 5.10 Å². The Labute approximate surface area is 109 Å². The summed E-state index contributed by atoms with van der Waals surface area (Å²) in [6.07, 6.45) is 1.68. The average Bonchev–Trinajstić information content (AvgIpc) is 2.68. The van der Waals surface area contributed by atoms with Crippen LogP contribution < -0.4 is 4.84 Å². The van der Waals surface area contributed by atoms with E-state index in [1.54, 1.807) is 6.20 Å². The predicted octanol–water partition coefficient (Wildman–Crippen LogP) is -0.497. The van der Waals surface area contributed by atoms with Crippen molar-refractivity contribution in [3.63, 3.8) is 0 Å². The zero-order chi connectivity index (χ0) is 12.4. The van der Waals surface area contributed by atoms with Crippen molar-refractivity contribution >= 4 is 27.1 Å². The third-order valence-corrected chi connectivity index (χ3v) is 2.11. The highest BCUT2D eigenvalue weighted by molar-refractivity contribution is 6.92. The highest BCUT2D eigenvalue weighted by Crippen LogP contribution is 2.04. The number of fused-ring (bicyclic) bond motifs is 1. The van der Waals surface area contributed by atoms with E-state index in [4.69, 9.17) is 4.84 Å². The maximum atomic E-state index is 5.64. The fourth-order valence-electron chi connectivity index (χ4n) is 1.45. The number of pyridine rings is 1. The maximum absolute atomic E-state index is 5.64. The summed E-state index contributed by atoms with van der Waals surface area (Å²) in [7, 11) is 7.56. The lowest BCUT2D eigenvalue weighted by Gasteiger charge is -2.09. The van der Waals surface area contributed by atoms with E-state index in [1.165, 1.54) is 4.85 Å². The third-order valence-electron chi connectivity index (χ3n) is 2.11. The summed E-state index contributed by atoms with van der Waals surface area (Å²) in [5.74, 6) is 0. The molecule has 0 N–H and O–H groups in total. The Kier molecular flexibility index (Phi) is 4.55. The zero-order valence-electron chi connectivity index (χ0n) is 11.0. The number of hydrogen-bond acceptors (Lipinski definition) is 4. The quantitative estimate of drug-likeness (QED) is 0.302. The molecule has 2 aromatic rings. The molecule has 0 aromatic carbocycles. The molecule has 0 aliphatic rings. The number of hydrogen-bond donors (Lipinski definition) is 0. The lowest BCUT2D eigenvalue weighted by atomic mass is 10.4. The lowest BCUT2D eigenvalue weighted by molar-refractivity contribution is -0.480. The van der Waals surface area contributed by atoms with Crippen LogP contribution in [0.5, 0.6) is 0 Å². The van der Waals surface area contributed by atoms with Crippen LogP contribution in [0, 0.1) is 0 Å². The van der Waals surface area contributed by atoms with E-state index >= 15 is 0 Å². The van der Waals surface area contributed by atoms with Crippen LogP contribution in [0.1, 0.15) is 0 Å². The van der Waals surface area contributed by atoms with E-state index < -0.39 is 0 Å². The van der Waals surface area contributed by atoms with Crippen LogP contribution in [0.2, 0.25) is 0 Å². The van der Waals surface area contributed by atoms with Gasteiger partial charge in [-0.1, -0.05) is 0 Å². The fraction of sp³-hybridized carbons (Fsp3) is 0.400. The van der Waals surface area contributed by atoms with Gasteiger partial charge in [0.25, 0.3) is 0 Å². The summed E-state index contributed by atoms with van der Waals surface area (Å²) in [4.78, 5) is 13.0. The van der Waals surface area contributed by atoms with Crippen LogP contribution in [-0.4, -0.2) is 63.8 Å². The SMILES string of the molecule is CN(C)C(On1nnc2cccnc21)=[N+](C)C.P. The molecule has 8 heteroatoms. The molecule has 0 saturated carbocycles. The van der Waals surface area contributed by atoms with Crippen molar-refractivity contribution in [2.24, 2.45) is 0 Å². The number of nitrogens with zero attached hydrogens (tertiary/aromatic N) is 6. The standard InChI is InChI=1S/C10H15N6O.H3P/c1-14(2)10(15(3)4)17-16-9-8(12-13-16)6-5-7-11-9;/h5-7H,1-4H3;1H3/q+1;. The van der Waals surface area contributed by atoms with Crippen molar-refractivity contribution < 1.29 is 9.41 Å². The van der Waals surface area contributed by atoms with Crippen molar-refractivity contribution in [3.8, 4) is 0 Å². The first kappa shape index (κ1) is 14.3. The summed E-state index contributed by atoms with van der Waals surface area (Å²) in [6.45, 7) is 0. The van der Waals surface area contributed by atoms with Gasteiger partial charge in [0.1, 0.15) is 5.52 Å². The Morgan fingerprint density at radius 2 is 2.11 bits per heavy atom. The van der Waals surface area contributed by atoms with Crippen LogP contribution in [0.4, 0.5) is 0 Å². The molecule has 2 rings (SSSR count). The molecule has 0 amide bonds. The molecule has 18 heavy (non-hydrogen) atoms. The summed E-state index contributed by atoms with van der Waals surface area (Å²) < 4.78 is 1.84. The molecule has 0 radical (unpaired) electrons. The highest BCUT2D eigenvalue weighted by atomic mass is 31.0. The zero-order valence-corrected chi connectivity index (χ0v) is 12.4. The minimum absolute atomic E-state index is 0. The Bertz CT molecular complexity index is 560. The van der Waals surface area contributed by atoms with E-state index in [0.29, 0.717) is 17.2 Å². The first-order valence-electron chi connectivity index (χ1n) is 5.16. The molecule has 2 aromatic heterocycles. The second-order valence-corrected chi connectivity index (χ2v) is 3.97. The molecule has 2 heterocycles. The van der Waals surface area contributed by atoms with Crippen LogP contribution in [0.15, 0.2) is 18.3 Å². The van der Waals surface area contributed by atoms with Gasteiger partial charge in [0.05, 0.1) is 28.2 Å². The van der Waals surface area contributed by atoms with Gasteiger partial charge in [0.2, 0.25) is 5.65 Å². The van der Waals surface area contributed by atoms with Gasteiger partial charge in [0.15, 0.2) is 0 Å². The van der Waals surface area contributed by atoms with Crippen molar-refractivity contribution in [2.75, 3.05) is 28.2 Å². The van der Waals surface area contributed by atoms with Crippen LogP contribution >= 0.6 is 9.90 Å². The normalized spacial score (nSPS) is 9.78. The number of amidine groups is 1. The molecule has 0 aliphatic carbocycles. The molecule has 1 atom stereocenters. The molecule has 1 unspecified atom stereocenters. The number of aromatic nitrogens is 4. The van der Waals surface area contributed by atoms with Crippen molar-refractivity contribution in [1.29, 1.82) is 0 Å². The molecular weight excluding hydrogens is 251 g/mol. The smallest absolute Gasteiger partial charge is 0.277 e. The van der Waals surface area contributed by atoms with Gasteiger partial charge in [-0.2, -0.15) is 9.90 Å². The van der Waals surface area contributed by atoms with Crippen LogP contribution in [0.25, 0.3) is 11.2 Å². The average molecular weight is 269 g/mol. The topological polar surface area (TPSA) is 59.1 Å². The third kappa shape index (κ3) is 2.73. The minimum atomic E-state index is 0. The summed E-state index contributed by atoms with van der Waals surface area (Å²) >= 11 is 0. The van der Waals surface area contributed by atoms with Crippen molar-refractivity contribution in [2.45, 2.75) is 0 Å². The molecule has 0 saturated heterocycles. The maximum Gasteiger partial charge on any atom is 0.472 e. The Morgan fingerprint density at radius 1 is 1.39 bits per heavy atom. The van der Waals surface area contributed by atoms with Gasteiger partial charge in [-0.05, 0) is 22.2 Å². The number of rotatable bonds is 1. The van der Waals surface area contributed by atoms with E-state index in [0.717, 1.165) is 0 Å². The first-order valence-corrected chi connectivity index (χ1v) is 5.16. The van der Waals surface area contributed by atoms with Crippen LogP contribution in [-0.2, 0) is 0 Å². The minimum Gasteiger partial charge on any atom is -0.277 e. The Balaban J connectivity index is 0.00000162. The molecule has 0 bridgehead atoms. The predicted molar refractivity (Wildman–Crippen MR) is 73.8 cm³/mol. The van der Waals surface area contributed by atoms with Gasteiger partial charge in [-0.3, -0.25) is 4.84 Å². The monoisotopic (exact) mass is 269 g/mol. The fourth-order valence-corrected chi connectivity index (χ4v) is 1.45. The van der Waals surface area contributed by atoms with Gasteiger partial charge in [-0.25, -0.2) is 14.5 Å². The first-order chi connectivity index (χ1) is 8.09. The van der Waals surface area contributed by atoms with E-state index in [9.17, 15) is 0 Å². The van der Waals surface area contributed by atoms with Crippen LogP contribution in [0.3, 0.4) is 0 Å². The highest BCUT2D eigenvalue weighted by Gasteiger charge is 2.17. The van der Waals surface area contributed by atoms with E-state index in [1.807, 2.05) is 49.8 Å². The molecule has 0 fully saturated rings. The van der Waals surface area contributed by atoms with E-state index in [2.05, 4.69) is 15.3 Å².